The highest BCUT2D eigenvalue weighted by Gasteiger charge is 2.48. The van der Waals surface area contributed by atoms with Gasteiger partial charge < -0.3 is 24.3 Å². The number of hydrogen-bond acceptors (Lipinski definition) is 8. The molecule has 3 fully saturated rings. The first kappa shape index (κ1) is 19.1. The van der Waals surface area contributed by atoms with E-state index in [4.69, 9.17) is 14.1 Å². The van der Waals surface area contributed by atoms with Crippen LogP contribution in [0.3, 0.4) is 0 Å². The van der Waals surface area contributed by atoms with E-state index in [1.807, 2.05) is 22.4 Å². The van der Waals surface area contributed by atoms with Gasteiger partial charge in [-0.1, -0.05) is 0 Å². The number of nitrogens with zero attached hydrogens (tertiary/aromatic N) is 4. The lowest BCUT2D eigenvalue weighted by atomic mass is 9.88. The normalized spacial score (nSPS) is 21.0. The van der Waals surface area contributed by atoms with Gasteiger partial charge in [0.25, 0.3) is 6.01 Å². The third kappa shape index (κ3) is 3.25. The minimum Gasteiger partial charge on any atom is -0.488 e. The molecule has 3 aromatic rings. The molecule has 158 valence electrons. The van der Waals surface area contributed by atoms with Crippen molar-refractivity contribution in [1.29, 1.82) is 0 Å². The van der Waals surface area contributed by atoms with E-state index in [2.05, 4.69) is 4.98 Å². The molecule has 2 aromatic heterocycles. The molecule has 2 N–H and O–H groups in total. The van der Waals surface area contributed by atoms with Crippen LogP contribution in [0.15, 0.2) is 28.1 Å². The van der Waals surface area contributed by atoms with Crippen molar-refractivity contribution in [3.8, 4) is 16.3 Å². The van der Waals surface area contributed by atoms with Crippen molar-refractivity contribution in [3.63, 3.8) is 0 Å². The molecule has 0 aliphatic carbocycles. The Bertz CT molecular complexity index is 1080. The number of aliphatic hydroxyl groups is 1. The van der Waals surface area contributed by atoms with Gasteiger partial charge in [-0.15, -0.1) is 11.3 Å². The van der Waals surface area contributed by atoms with E-state index in [0.29, 0.717) is 36.0 Å². The summed E-state index contributed by atoms with van der Waals surface area (Å²) in [6.07, 6.45) is 1.73. The number of anilines is 1. The Morgan fingerprint density at radius 3 is 2.77 bits per heavy atom. The fraction of sp³-hybridized carbons (Fsp3) is 0.450. The summed E-state index contributed by atoms with van der Waals surface area (Å²) >= 11 is 1.50. The van der Waals surface area contributed by atoms with Crippen LogP contribution in [-0.4, -0.2) is 68.6 Å². The van der Waals surface area contributed by atoms with E-state index in [0.717, 1.165) is 17.0 Å². The molecule has 0 spiro atoms. The van der Waals surface area contributed by atoms with Crippen molar-refractivity contribution < 1.29 is 24.2 Å². The minimum atomic E-state index is -0.985. The summed E-state index contributed by atoms with van der Waals surface area (Å²) in [6, 6.07) is 4.06. The summed E-state index contributed by atoms with van der Waals surface area (Å²) in [5.41, 5.74) is 0.976. The second-order valence-corrected chi connectivity index (χ2v) is 9.26. The van der Waals surface area contributed by atoms with Crippen LogP contribution in [0.25, 0.3) is 21.7 Å². The Morgan fingerprint density at radius 1 is 1.37 bits per heavy atom. The lowest BCUT2D eigenvalue weighted by Gasteiger charge is -2.54. The van der Waals surface area contributed by atoms with E-state index >= 15 is 0 Å². The number of thiazole rings is 1. The highest BCUT2D eigenvalue weighted by Crippen LogP contribution is 2.40. The molecule has 3 aliphatic rings. The number of hydrogen-bond donors (Lipinski definition) is 2. The van der Waals surface area contributed by atoms with Crippen molar-refractivity contribution in [2.24, 2.45) is 0 Å². The standard InChI is InChI=1S/C20H22N4O5S/c1-20(2,27)10-28-14-4-3-13(17-21-5-6-30-17)16-15(14)22-18(29-16)23-8-11-7-12(9-23)24(11)19(25)26/h3-6,11-12,27H,7-10H2,1-2H3,(H,25,26). The topological polar surface area (TPSA) is 112 Å². The summed E-state index contributed by atoms with van der Waals surface area (Å²) in [5.74, 6) is 0.525. The third-order valence-corrected chi connectivity index (χ3v) is 6.23. The SMILES string of the molecule is CC(C)(O)COc1ccc(-c2nccs2)c2oc(N3CC4CC(C3)N4C(=O)O)nc12. The molecular weight excluding hydrogens is 408 g/mol. The maximum absolute atomic E-state index is 11.4. The first-order valence-corrected chi connectivity index (χ1v) is 10.6. The average Bonchev–Trinajstić information content (AvgIpc) is 3.35. The first-order chi connectivity index (χ1) is 14.3. The zero-order chi connectivity index (χ0) is 21.0. The van der Waals surface area contributed by atoms with Gasteiger partial charge in [0.05, 0.1) is 23.2 Å². The van der Waals surface area contributed by atoms with Gasteiger partial charge in [0.15, 0.2) is 11.1 Å². The minimum absolute atomic E-state index is 0.0411. The molecular formula is C20H22N4O5S. The fourth-order valence-corrected chi connectivity index (χ4v) is 4.74. The van der Waals surface area contributed by atoms with Crippen LogP contribution in [-0.2, 0) is 0 Å². The maximum atomic E-state index is 11.4. The molecule has 1 amide bonds. The summed E-state index contributed by atoms with van der Waals surface area (Å²) in [4.78, 5) is 24.0. The molecule has 2 atom stereocenters. The number of rotatable bonds is 5. The van der Waals surface area contributed by atoms with Gasteiger partial charge in [-0.3, -0.25) is 4.90 Å². The molecule has 0 radical (unpaired) electrons. The van der Waals surface area contributed by atoms with Gasteiger partial charge in [-0.2, -0.15) is 4.98 Å². The van der Waals surface area contributed by atoms with E-state index in [-0.39, 0.29) is 18.7 Å². The predicted octanol–water partition coefficient (Wildman–Crippen LogP) is 3.04. The van der Waals surface area contributed by atoms with E-state index in [1.165, 1.54) is 16.2 Å². The summed E-state index contributed by atoms with van der Waals surface area (Å²) in [6.45, 7) is 4.56. The zero-order valence-electron chi connectivity index (χ0n) is 16.6. The van der Waals surface area contributed by atoms with Crippen LogP contribution in [0.5, 0.6) is 5.75 Å². The number of carboxylic acid groups (broad SMARTS) is 1. The second-order valence-electron chi connectivity index (χ2n) is 8.36. The number of aromatic nitrogens is 2. The Kier molecular flexibility index (Phi) is 4.37. The smallest absolute Gasteiger partial charge is 0.407 e. The summed E-state index contributed by atoms with van der Waals surface area (Å²) < 4.78 is 12.0. The highest BCUT2D eigenvalue weighted by atomic mass is 32.1. The Hall–Kier alpha value is -2.85. The van der Waals surface area contributed by atoms with Gasteiger partial charge in [0.2, 0.25) is 0 Å². The molecule has 2 bridgehead atoms. The van der Waals surface area contributed by atoms with Gasteiger partial charge >= 0.3 is 6.09 Å². The first-order valence-electron chi connectivity index (χ1n) is 9.75. The Morgan fingerprint density at radius 2 is 2.13 bits per heavy atom. The van der Waals surface area contributed by atoms with Crippen molar-refractivity contribution >= 4 is 34.5 Å². The van der Waals surface area contributed by atoms with Crippen molar-refractivity contribution in [3.05, 3.63) is 23.7 Å². The number of carbonyl (C=O) groups is 1. The predicted molar refractivity (Wildman–Crippen MR) is 111 cm³/mol. The molecule has 3 aliphatic heterocycles. The van der Waals surface area contributed by atoms with Crippen LogP contribution < -0.4 is 9.64 Å². The van der Waals surface area contributed by atoms with Crippen LogP contribution in [0.4, 0.5) is 10.8 Å². The van der Waals surface area contributed by atoms with Crippen LogP contribution in [0, 0.1) is 0 Å². The molecule has 10 heteroatoms. The number of fused-ring (bicyclic) bond motifs is 3. The zero-order valence-corrected chi connectivity index (χ0v) is 17.4. The molecule has 0 saturated carbocycles. The number of oxazole rings is 1. The van der Waals surface area contributed by atoms with E-state index in [1.54, 1.807) is 20.0 Å². The quantitative estimate of drug-likeness (QED) is 0.635. The van der Waals surface area contributed by atoms with Gasteiger partial charge in [-0.05, 0) is 32.4 Å². The number of amides is 1. The highest BCUT2D eigenvalue weighted by molar-refractivity contribution is 7.13. The second kappa shape index (κ2) is 6.85. The maximum Gasteiger partial charge on any atom is 0.407 e. The lowest BCUT2D eigenvalue weighted by Crippen LogP contribution is -2.70. The fourth-order valence-electron chi connectivity index (χ4n) is 4.08. The Balaban J connectivity index is 1.51. The average molecular weight is 430 g/mol. The monoisotopic (exact) mass is 430 g/mol. The van der Waals surface area contributed by atoms with E-state index in [9.17, 15) is 15.0 Å². The van der Waals surface area contributed by atoms with Crippen molar-refractivity contribution in [2.75, 3.05) is 24.6 Å². The van der Waals surface area contributed by atoms with Gasteiger partial charge in [0, 0.05) is 24.7 Å². The molecule has 1 aromatic carbocycles. The third-order valence-electron chi connectivity index (χ3n) is 5.42. The molecule has 6 rings (SSSR count). The molecule has 2 unspecified atom stereocenters. The molecule has 9 nitrogen and oxygen atoms in total. The lowest BCUT2D eigenvalue weighted by molar-refractivity contribution is 0.0101. The van der Waals surface area contributed by atoms with Crippen molar-refractivity contribution in [2.45, 2.75) is 38.0 Å². The molecule has 30 heavy (non-hydrogen) atoms. The molecule has 5 heterocycles. The van der Waals surface area contributed by atoms with E-state index < -0.39 is 11.7 Å². The van der Waals surface area contributed by atoms with Crippen LogP contribution >= 0.6 is 11.3 Å². The van der Waals surface area contributed by atoms with Crippen LogP contribution in [0.1, 0.15) is 20.3 Å². The largest absolute Gasteiger partial charge is 0.488 e. The van der Waals surface area contributed by atoms with Crippen LogP contribution in [0.2, 0.25) is 0 Å². The number of piperidine rings is 1. The van der Waals surface area contributed by atoms with Gasteiger partial charge in [0.1, 0.15) is 17.4 Å². The molecule has 3 saturated heterocycles. The van der Waals surface area contributed by atoms with Crippen molar-refractivity contribution in [1.82, 2.24) is 14.9 Å². The number of ether oxygens (including phenoxy) is 1. The summed E-state index contributed by atoms with van der Waals surface area (Å²) in [7, 11) is 0. The van der Waals surface area contributed by atoms with Gasteiger partial charge in [-0.25, -0.2) is 9.78 Å². The number of piperazine rings is 1. The Labute approximate surface area is 176 Å². The number of benzene rings is 1. The summed E-state index contributed by atoms with van der Waals surface area (Å²) in [5, 5.41) is 22.1.